The van der Waals surface area contributed by atoms with Crippen LogP contribution in [-0.4, -0.2) is 86.0 Å². The van der Waals surface area contributed by atoms with Crippen LogP contribution in [0.15, 0.2) is 11.6 Å². The number of aliphatic carboxylic acids is 2. The van der Waals surface area contributed by atoms with Gasteiger partial charge in [-0.05, 0) is 104 Å². The molecule has 0 aromatic rings. The van der Waals surface area contributed by atoms with Gasteiger partial charge in [0, 0.05) is 0 Å². The molecule has 15 atom stereocenters. The highest BCUT2D eigenvalue weighted by Gasteiger charge is 2.73. The molecule has 10 nitrogen and oxygen atoms in total. The van der Waals surface area contributed by atoms with Crippen molar-refractivity contribution in [1.29, 1.82) is 0 Å². The quantitative estimate of drug-likeness (QED) is 0.189. The first-order valence-corrected chi connectivity index (χ1v) is 17.6. The summed E-state index contributed by atoms with van der Waals surface area (Å²) in [5.41, 5.74) is -2.32. The summed E-state index contributed by atoms with van der Waals surface area (Å²) < 4.78 is 12.1. The number of hydrogen-bond donors (Lipinski definition) is 6. The number of allylic oxidation sites excluding steroid dienone is 1. The number of aliphatic hydroxyl groups excluding tert-OH is 4. The molecule has 5 aliphatic carbocycles. The molecule has 1 heterocycles. The molecule has 0 unspecified atom stereocenters. The van der Waals surface area contributed by atoms with E-state index in [1.165, 1.54) is 0 Å². The van der Waals surface area contributed by atoms with Crippen molar-refractivity contribution >= 4 is 11.9 Å². The van der Waals surface area contributed by atoms with E-state index in [9.17, 15) is 40.2 Å². The Labute approximate surface area is 272 Å². The maximum Gasteiger partial charge on any atom is 0.314 e. The Bertz CT molecular complexity index is 1260. The highest BCUT2D eigenvalue weighted by atomic mass is 16.7. The van der Waals surface area contributed by atoms with Crippen molar-refractivity contribution in [2.75, 3.05) is 6.61 Å². The number of ether oxygens (including phenoxy) is 2. The van der Waals surface area contributed by atoms with Crippen molar-refractivity contribution in [3.63, 3.8) is 0 Å². The fourth-order valence-electron chi connectivity index (χ4n) is 12.6. The predicted molar refractivity (Wildman–Crippen MR) is 167 cm³/mol. The molecule has 6 rings (SSSR count). The zero-order valence-electron chi connectivity index (χ0n) is 28.3. The zero-order chi connectivity index (χ0) is 33.8. The van der Waals surface area contributed by atoms with E-state index < -0.39 is 70.9 Å². The summed E-state index contributed by atoms with van der Waals surface area (Å²) in [5, 5.41) is 63.0. The first-order chi connectivity index (χ1) is 21.4. The first-order valence-electron chi connectivity index (χ1n) is 17.6. The van der Waals surface area contributed by atoms with Gasteiger partial charge in [0.05, 0.1) is 23.5 Å². The molecule has 6 aliphatic rings. The third kappa shape index (κ3) is 4.35. The van der Waals surface area contributed by atoms with E-state index in [2.05, 4.69) is 47.6 Å². The Kier molecular flexibility index (Phi) is 8.38. The lowest BCUT2D eigenvalue weighted by Crippen LogP contribution is -2.68. The molecule has 0 aromatic carbocycles. The van der Waals surface area contributed by atoms with Gasteiger partial charge in [0.25, 0.3) is 0 Å². The van der Waals surface area contributed by atoms with Crippen LogP contribution in [0.5, 0.6) is 0 Å². The molecule has 260 valence electrons. The van der Waals surface area contributed by atoms with Gasteiger partial charge in [0.15, 0.2) is 6.29 Å². The highest BCUT2D eigenvalue weighted by molar-refractivity contribution is 5.84. The smallest absolute Gasteiger partial charge is 0.314 e. The topological polar surface area (TPSA) is 174 Å². The Morgan fingerprint density at radius 1 is 0.870 bits per heavy atom. The van der Waals surface area contributed by atoms with E-state index in [0.717, 1.165) is 31.3 Å². The molecule has 4 saturated carbocycles. The second-order valence-corrected chi connectivity index (χ2v) is 17.2. The molecule has 1 saturated heterocycles. The van der Waals surface area contributed by atoms with Crippen molar-refractivity contribution in [2.45, 2.75) is 136 Å². The number of carboxylic acid groups (broad SMARTS) is 2. The van der Waals surface area contributed by atoms with E-state index in [1.807, 2.05) is 0 Å². The number of fused-ring (bicyclic) bond motifs is 7. The van der Waals surface area contributed by atoms with Gasteiger partial charge < -0.3 is 40.1 Å². The Balaban J connectivity index is 1.34. The summed E-state index contributed by atoms with van der Waals surface area (Å²) in [4.78, 5) is 26.8. The Hall–Kier alpha value is -1.56. The number of carbonyl (C=O) groups is 2. The average molecular weight is 649 g/mol. The second kappa shape index (κ2) is 11.2. The minimum absolute atomic E-state index is 0.0692. The van der Waals surface area contributed by atoms with Gasteiger partial charge in [-0.15, -0.1) is 0 Å². The van der Waals surface area contributed by atoms with E-state index in [-0.39, 0.29) is 35.2 Å². The van der Waals surface area contributed by atoms with Crippen LogP contribution >= 0.6 is 0 Å². The van der Waals surface area contributed by atoms with Crippen LogP contribution in [-0.2, 0) is 19.1 Å². The fraction of sp³-hybridized carbons (Fsp3) is 0.889. The van der Waals surface area contributed by atoms with Gasteiger partial charge in [0.1, 0.15) is 24.4 Å². The lowest BCUT2D eigenvalue weighted by molar-refractivity contribution is -0.330. The SMILES string of the molecule is C[C@H]1[C@H](C)CC[C@]2(C(=O)O)CC[C@]3(C(=O)O)C(=CC[C@@H]4[C@@]5(C)CC[C@H](O[C@@H]6O[C@H](CO)[C@@H](O)[C@H](O)[C@H]6O)C(C)(C)[C@@H]5CC[C@]43C)[C@H]12. The van der Waals surface area contributed by atoms with Gasteiger partial charge in [-0.3, -0.25) is 9.59 Å². The van der Waals surface area contributed by atoms with Crippen LogP contribution in [0.3, 0.4) is 0 Å². The maximum absolute atomic E-state index is 13.8. The monoisotopic (exact) mass is 648 g/mol. The molecule has 0 aromatic heterocycles. The first kappa shape index (κ1) is 34.3. The molecule has 0 spiro atoms. The number of hydrogen-bond acceptors (Lipinski definition) is 8. The van der Waals surface area contributed by atoms with Crippen molar-refractivity contribution in [3.05, 3.63) is 11.6 Å². The van der Waals surface area contributed by atoms with E-state index >= 15 is 0 Å². The number of aliphatic hydroxyl groups is 4. The van der Waals surface area contributed by atoms with Crippen molar-refractivity contribution in [1.82, 2.24) is 0 Å². The van der Waals surface area contributed by atoms with Gasteiger partial charge in [-0.1, -0.05) is 53.2 Å². The fourth-order valence-corrected chi connectivity index (χ4v) is 12.6. The molecule has 46 heavy (non-hydrogen) atoms. The molecule has 10 heteroatoms. The van der Waals surface area contributed by atoms with Gasteiger partial charge in [0.2, 0.25) is 0 Å². The van der Waals surface area contributed by atoms with Gasteiger partial charge >= 0.3 is 11.9 Å². The van der Waals surface area contributed by atoms with Crippen molar-refractivity contribution in [2.24, 2.45) is 56.7 Å². The van der Waals surface area contributed by atoms with E-state index in [0.29, 0.717) is 38.0 Å². The zero-order valence-corrected chi connectivity index (χ0v) is 28.3. The van der Waals surface area contributed by atoms with E-state index in [1.54, 1.807) is 0 Å². The molecule has 5 fully saturated rings. The van der Waals surface area contributed by atoms with Gasteiger partial charge in [-0.25, -0.2) is 0 Å². The molecular weight excluding hydrogens is 592 g/mol. The van der Waals surface area contributed by atoms with Crippen LogP contribution in [0.2, 0.25) is 0 Å². The van der Waals surface area contributed by atoms with Crippen LogP contribution in [0.4, 0.5) is 0 Å². The minimum atomic E-state index is -1.51. The summed E-state index contributed by atoms with van der Waals surface area (Å²) >= 11 is 0. The predicted octanol–water partition coefficient (Wildman–Crippen LogP) is 3.98. The summed E-state index contributed by atoms with van der Waals surface area (Å²) in [6.45, 7) is 12.6. The number of rotatable bonds is 5. The highest BCUT2D eigenvalue weighted by Crippen LogP contribution is 2.76. The van der Waals surface area contributed by atoms with Crippen LogP contribution in [0.25, 0.3) is 0 Å². The third-order valence-corrected chi connectivity index (χ3v) is 15.3. The third-order valence-electron chi connectivity index (χ3n) is 15.3. The molecular formula is C36H56O10. The Morgan fingerprint density at radius 3 is 2.20 bits per heavy atom. The minimum Gasteiger partial charge on any atom is -0.481 e. The largest absolute Gasteiger partial charge is 0.481 e. The lowest BCUT2D eigenvalue weighted by Gasteiger charge is -2.70. The van der Waals surface area contributed by atoms with Crippen LogP contribution in [0, 0.1) is 56.7 Å². The van der Waals surface area contributed by atoms with Crippen LogP contribution in [0.1, 0.15) is 99.3 Å². The second-order valence-electron chi connectivity index (χ2n) is 17.2. The Morgan fingerprint density at radius 2 is 1.57 bits per heavy atom. The summed E-state index contributed by atoms with van der Waals surface area (Å²) in [6, 6.07) is 0. The van der Waals surface area contributed by atoms with E-state index in [4.69, 9.17) is 9.47 Å². The summed E-state index contributed by atoms with van der Waals surface area (Å²) in [6.07, 6.45) is 0.942. The van der Waals surface area contributed by atoms with Gasteiger partial charge in [-0.2, -0.15) is 0 Å². The number of carboxylic acids is 2. The normalized spacial score (nSPS) is 53.1. The standard InChI is InChI=1S/C36H56O10/c1-18-9-14-35(30(41)42)15-16-36(31(43)44)20(25(35)19(18)2)7-8-23-33(5)12-11-24(32(3,4)22(33)10-13-34(23,36)6)46-29-28(40)27(39)26(38)21(17-37)45-29/h7,18-19,21-29,37-40H,8-17H2,1-6H3,(H,41,42)(H,43,44)/t18-,19+,21-,22+,23-,24+,25+,26-,27+,28-,29+,33+,34-,35+,36-/m1/s1. The molecule has 1 aliphatic heterocycles. The average Bonchev–Trinajstić information content (AvgIpc) is 2.99. The maximum atomic E-state index is 13.8. The molecule has 0 bridgehead atoms. The molecule has 0 amide bonds. The summed E-state index contributed by atoms with van der Waals surface area (Å²) in [7, 11) is 0. The van der Waals surface area contributed by atoms with Crippen LogP contribution < -0.4 is 0 Å². The molecule has 6 N–H and O–H groups in total. The van der Waals surface area contributed by atoms with Crippen molar-refractivity contribution in [3.8, 4) is 0 Å². The van der Waals surface area contributed by atoms with Crippen molar-refractivity contribution < 1.29 is 49.7 Å². The molecule has 0 radical (unpaired) electrons. The summed E-state index contributed by atoms with van der Waals surface area (Å²) in [5.74, 6) is -1.24. The lowest BCUT2D eigenvalue weighted by atomic mass is 9.33.